The summed E-state index contributed by atoms with van der Waals surface area (Å²) in [5, 5.41) is 14.4. The summed E-state index contributed by atoms with van der Waals surface area (Å²) in [6, 6.07) is 18.1. The number of carbonyl (C=O) groups is 2. The molecule has 1 aliphatic heterocycles. The van der Waals surface area contributed by atoms with Crippen LogP contribution in [0.4, 0.5) is 10.1 Å². The Kier molecular flexibility index (Phi) is 6.82. The lowest BCUT2D eigenvalue weighted by atomic mass is 9.74. The molecule has 0 fully saturated rings. The fraction of sp³-hybridized carbons (Fsp3) is 0.241. The van der Waals surface area contributed by atoms with Gasteiger partial charge in [0.25, 0.3) is 5.91 Å². The minimum Gasteiger partial charge on any atom is -0.496 e. The van der Waals surface area contributed by atoms with E-state index in [0.29, 0.717) is 28.1 Å². The van der Waals surface area contributed by atoms with Crippen molar-refractivity contribution in [1.82, 2.24) is 0 Å². The first-order chi connectivity index (χ1) is 17.1. The molecule has 1 aliphatic rings. The Morgan fingerprint density at radius 2 is 1.89 bits per heavy atom. The summed E-state index contributed by atoms with van der Waals surface area (Å²) < 4.78 is 25.3. The van der Waals surface area contributed by atoms with Crippen LogP contribution in [0.3, 0.4) is 0 Å². The Morgan fingerprint density at radius 3 is 2.61 bits per heavy atom. The molecule has 1 amide bonds. The number of hydrogen-bond acceptors (Lipinski definition) is 5. The summed E-state index contributed by atoms with van der Waals surface area (Å²) in [6.45, 7) is 3.54. The van der Waals surface area contributed by atoms with Gasteiger partial charge in [0, 0.05) is 34.2 Å². The van der Waals surface area contributed by atoms with Gasteiger partial charge in [0.1, 0.15) is 18.2 Å². The van der Waals surface area contributed by atoms with E-state index in [4.69, 9.17) is 9.47 Å². The van der Waals surface area contributed by atoms with E-state index in [-0.39, 0.29) is 18.6 Å². The molecule has 0 spiro atoms. The number of nitrogens with one attached hydrogen (secondary N) is 1. The normalized spacial score (nSPS) is 14.1. The van der Waals surface area contributed by atoms with Crippen molar-refractivity contribution in [3.05, 3.63) is 94.8 Å². The fourth-order valence-electron chi connectivity index (χ4n) is 4.38. The lowest BCUT2D eigenvalue weighted by molar-refractivity contribution is -0.130. The maximum absolute atomic E-state index is 14.9. The lowest BCUT2D eigenvalue weighted by Gasteiger charge is -2.33. The fourth-order valence-corrected chi connectivity index (χ4v) is 4.38. The average Bonchev–Trinajstić information content (AvgIpc) is 3.22. The third-order valence-corrected chi connectivity index (χ3v) is 6.07. The van der Waals surface area contributed by atoms with E-state index in [9.17, 15) is 19.1 Å². The summed E-state index contributed by atoms with van der Waals surface area (Å²) >= 11 is 0. The summed E-state index contributed by atoms with van der Waals surface area (Å²) in [4.78, 5) is 25.2. The minimum atomic E-state index is -2.20. The second kappa shape index (κ2) is 9.84. The Morgan fingerprint density at radius 1 is 1.14 bits per heavy atom. The van der Waals surface area contributed by atoms with Crippen LogP contribution < -0.4 is 10.1 Å². The molecule has 6 nitrogen and oxygen atoms in total. The zero-order valence-electron chi connectivity index (χ0n) is 20.2. The maximum Gasteiger partial charge on any atom is 0.338 e. The molecule has 1 heterocycles. The van der Waals surface area contributed by atoms with Crippen LogP contribution in [0.15, 0.2) is 66.7 Å². The molecule has 3 aromatic rings. The highest BCUT2D eigenvalue weighted by Crippen LogP contribution is 2.39. The zero-order chi connectivity index (χ0) is 25.9. The van der Waals surface area contributed by atoms with Gasteiger partial charge in [0.2, 0.25) is 5.60 Å². The SMILES string of the molecule is COc1cccc(F)c1C(C)(C)CC(O)(C#Cc1ccccc1)C(=O)Nc1ccc2c(c1)COC2=O. The number of halogens is 1. The smallest absolute Gasteiger partial charge is 0.338 e. The predicted octanol–water partition coefficient (Wildman–Crippen LogP) is 4.59. The number of anilines is 1. The number of ether oxygens (including phenoxy) is 2. The van der Waals surface area contributed by atoms with E-state index in [1.54, 1.807) is 62.4 Å². The monoisotopic (exact) mass is 487 g/mol. The molecule has 3 aromatic carbocycles. The van der Waals surface area contributed by atoms with Crippen molar-refractivity contribution in [2.75, 3.05) is 12.4 Å². The Balaban J connectivity index is 1.71. The second-order valence-electron chi connectivity index (χ2n) is 9.26. The number of benzene rings is 3. The van der Waals surface area contributed by atoms with Gasteiger partial charge in [-0.25, -0.2) is 9.18 Å². The van der Waals surface area contributed by atoms with Crippen molar-refractivity contribution in [1.29, 1.82) is 0 Å². The van der Waals surface area contributed by atoms with Crippen LogP contribution >= 0.6 is 0 Å². The van der Waals surface area contributed by atoms with Crippen LogP contribution in [-0.2, 0) is 21.6 Å². The molecule has 0 saturated heterocycles. The van der Waals surface area contributed by atoms with Gasteiger partial charge >= 0.3 is 5.97 Å². The van der Waals surface area contributed by atoms with Gasteiger partial charge in [0.05, 0.1) is 12.7 Å². The molecule has 7 heteroatoms. The molecule has 1 unspecified atom stereocenters. The first kappa shape index (κ1) is 25.0. The first-order valence-electron chi connectivity index (χ1n) is 11.4. The lowest BCUT2D eigenvalue weighted by Crippen LogP contribution is -2.46. The van der Waals surface area contributed by atoms with E-state index >= 15 is 0 Å². The number of aliphatic hydroxyl groups is 1. The van der Waals surface area contributed by atoms with Crippen LogP contribution in [0.5, 0.6) is 5.75 Å². The van der Waals surface area contributed by atoms with Crippen LogP contribution in [0.1, 0.15) is 47.3 Å². The van der Waals surface area contributed by atoms with Crippen LogP contribution in [0.25, 0.3) is 0 Å². The van der Waals surface area contributed by atoms with E-state index in [0.717, 1.165) is 0 Å². The highest BCUT2D eigenvalue weighted by molar-refractivity contribution is 6.01. The highest BCUT2D eigenvalue weighted by atomic mass is 19.1. The van der Waals surface area contributed by atoms with Crippen molar-refractivity contribution in [2.45, 2.75) is 37.9 Å². The number of fused-ring (bicyclic) bond motifs is 1. The topological polar surface area (TPSA) is 84.9 Å². The molecular weight excluding hydrogens is 461 g/mol. The number of methoxy groups -OCH3 is 1. The zero-order valence-corrected chi connectivity index (χ0v) is 20.2. The minimum absolute atomic E-state index is 0.107. The second-order valence-corrected chi connectivity index (χ2v) is 9.26. The standard InChI is InChI=1S/C29H26FNO5/c1-28(2,25-23(30)10-7-11-24(25)35-3)18-29(34,15-14-19-8-5-4-6-9-19)27(33)31-21-12-13-22-20(16-21)17-36-26(22)32/h4-13,16,34H,17-18H2,1-3H3,(H,31,33). The van der Waals surface area contributed by atoms with Crippen LogP contribution in [0.2, 0.25) is 0 Å². The number of rotatable bonds is 6. The Hall–Kier alpha value is -4.15. The quantitative estimate of drug-likeness (QED) is 0.392. The predicted molar refractivity (Wildman–Crippen MR) is 133 cm³/mol. The molecular formula is C29H26FNO5. The van der Waals surface area contributed by atoms with Crippen molar-refractivity contribution >= 4 is 17.6 Å². The van der Waals surface area contributed by atoms with Crippen LogP contribution in [0, 0.1) is 17.7 Å². The van der Waals surface area contributed by atoms with Gasteiger partial charge in [-0.05, 0) is 42.5 Å². The summed E-state index contributed by atoms with van der Waals surface area (Å²) in [7, 11) is 1.44. The van der Waals surface area contributed by atoms with Crippen molar-refractivity contribution in [3.8, 4) is 17.6 Å². The van der Waals surface area contributed by atoms with Crippen LogP contribution in [-0.4, -0.2) is 29.7 Å². The summed E-state index contributed by atoms with van der Waals surface area (Å²) in [5.74, 6) is 4.19. The number of carbonyl (C=O) groups excluding carboxylic acids is 2. The molecule has 0 aromatic heterocycles. The third kappa shape index (κ3) is 5.09. The maximum atomic E-state index is 14.9. The number of amides is 1. The highest BCUT2D eigenvalue weighted by Gasteiger charge is 2.43. The molecule has 0 saturated carbocycles. The Bertz CT molecular complexity index is 1370. The molecule has 4 rings (SSSR count). The number of hydrogen-bond donors (Lipinski definition) is 2. The van der Waals surface area contributed by atoms with Crippen molar-refractivity contribution in [3.63, 3.8) is 0 Å². The largest absolute Gasteiger partial charge is 0.496 e. The van der Waals surface area contributed by atoms with Gasteiger partial charge in [-0.2, -0.15) is 0 Å². The van der Waals surface area contributed by atoms with Gasteiger partial charge in [-0.1, -0.05) is 50.0 Å². The Labute approximate surface area is 209 Å². The molecule has 2 N–H and O–H groups in total. The van der Waals surface area contributed by atoms with Gasteiger partial charge in [-0.15, -0.1) is 0 Å². The van der Waals surface area contributed by atoms with E-state index in [2.05, 4.69) is 17.2 Å². The third-order valence-electron chi connectivity index (χ3n) is 6.07. The van der Waals surface area contributed by atoms with Crippen molar-refractivity contribution in [2.24, 2.45) is 0 Å². The number of esters is 1. The number of cyclic esters (lactones) is 1. The van der Waals surface area contributed by atoms with E-state index < -0.39 is 28.7 Å². The molecule has 36 heavy (non-hydrogen) atoms. The average molecular weight is 488 g/mol. The van der Waals surface area contributed by atoms with E-state index in [1.165, 1.54) is 19.2 Å². The summed E-state index contributed by atoms with van der Waals surface area (Å²) in [5.41, 5.74) is -0.970. The van der Waals surface area contributed by atoms with Gasteiger partial charge in [-0.3, -0.25) is 4.79 Å². The first-order valence-corrected chi connectivity index (χ1v) is 11.4. The van der Waals surface area contributed by atoms with E-state index in [1.807, 2.05) is 6.07 Å². The molecule has 0 bridgehead atoms. The van der Waals surface area contributed by atoms with Gasteiger partial charge < -0.3 is 19.9 Å². The summed E-state index contributed by atoms with van der Waals surface area (Å²) in [6.07, 6.45) is -0.227. The molecule has 184 valence electrons. The van der Waals surface area contributed by atoms with Gasteiger partial charge in [0.15, 0.2) is 0 Å². The molecule has 0 aliphatic carbocycles. The molecule has 1 atom stereocenters. The molecule has 0 radical (unpaired) electrons. The van der Waals surface area contributed by atoms with Crippen molar-refractivity contribution < 1.29 is 28.6 Å².